The van der Waals surface area contributed by atoms with Crippen LogP contribution in [0, 0.1) is 6.92 Å². The summed E-state index contributed by atoms with van der Waals surface area (Å²) in [5.74, 6) is 0. The fourth-order valence-corrected chi connectivity index (χ4v) is 3.06. The van der Waals surface area contributed by atoms with Gasteiger partial charge in [-0.3, -0.25) is 0 Å². The SMILES string of the molecule is CNC(Cc1cccc(Cl)c1Cl)c1cc(Br)ccc1C. The Labute approximate surface area is 138 Å². The number of hydrogen-bond donors (Lipinski definition) is 1. The zero-order valence-corrected chi connectivity index (χ0v) is 14.5. The normalized spacial score (nSPS) is 12.4. The van der Waals surface area contributed by atoms with Gasteiger partial charge in [0.05, 0.1) is 10.0 Å². The highest BCUT2D eigenvalue weighted by molar-refractivity contribution is 9.10. The highest BCUT2D eigenvalue weighted by Gasteiger charge is 2.15. The predicted octanol–water partition coefficient (Wildman–Crippen LogP) is 5.57. The molecule has 0 aliphatic carbocycles. The van der Waals surface area contributed by atoms with Gasteiger partial charge in [-0.25, -0.2) is 0 Å². The average Bonchev–Trinajstić information content (AvgIpc) is 2.43. The van der Waals surface area contributed by atoms with E-state index in [9.17, 15) is 0 Å². The summed E-state index contributed by atoms with van der Waals surface area (Å²) in [6, 6.07) is 12.3. The van der Waals surface area contributed by atoms with Gasteiger partial charge in [0.25, 0.3) is 0 Å². The van der Waals surface area contributed by atoms with E-state index < -0.39 is 0 Å². The standard InChI is InChI=1S/C16H16BrCl2N/c1-10-6-7-12(17)9-13(10)15(20-2)8-11-4-3-5-14(18)16(11)19/h3-7,9,15,20H,8H2,1-2H3. The molecule has 0 bridgehead atoms. The van der Waals surface area contributed by atoms with E-state index in [0.717, 1.165) is 16.5 Å². The highest BCUT2D eigenvalue weighted by atomic mass is 79.9. The Morgan fingerprint density at radius 1 is 1.20 bits per heavy atom. The van der Waals surface area contributed by atoms with Crippen molar-refractivity contribution < 1.29 is 0 Å². The Bertz CT molecular complexity index is 613. The Kier molecular flexibility index (Phi) is 5.50. The Morgan fingerprint density at radius 2 is 1.95 bits per heavy atom. The summed E-state index contributed by atoms with van der Waals surface area (Å²) in [5.41, 5.74) is 3.57. The van der Waals surface area contributed by atoms with Crippen LogP contribution in [0.4, 0.5) is 0 Å². The van der Waals surface area contributed by atoms with E-state index in [4.69, 9.17) is 23.2 Å². The minimum atomic E-state index is 0.198. The van der Waals surface area contributed by atoms with Gasteiger partial charge >= 0.3 is 0 Å². The first-order valence-corrected chi connectivity index (χ1v) is 7.94. The minimum Gasteiger partial charge on any atom is -0.313 e. The molecule has 2 rings (SSSR count). The molecule has 0 aromatic heterocycles. The third kappa shape index (κ3) is 3.56. The van der Waals surface area contributed by atoms with Crippen LogP contribution >= 0.6 is 39.1 Å². The first-order valence-electron chi connectivity index (χ1n) is 6.39. The number of hydrogen-bond acceptors (Lipinski definition) is 1. The molecule has 0 fully saturated rings. The fourth-order valence-electron chi connectivity index (χ4n) is 2.28. The largest absolute Gasteiger partial charge is 0.313 e. The maximum Gasteiger partial charge on any atom is 0.0624 e. The van der Waals surface area contributed by atoms with E-state index in [-0.39, 0.29) is 6.04 Å². The van der Waals surface area contributed by atoms with Crippen LogP contribution in [0.5, 0.6) is 0 Å². The molecule has 1 N–H and O–H groups in total. The summed E-state index contributed by atoms with van der Waals surface area (Å²) in [6.45, 7) is 2.12. The maximum absolute atomic E-state index is 6.28. The second-order valence-corrected chi connectivity index (χ2v) is 6.46. The van der Waals surface area contributed by atoms with Gasteiger partial charge in [0.2, 0.25) is 0 Å². The molecule has 1 nitrogen and oxygen atoms in total. The van der Waals surface area contributed by atoms with Crippen molar-refractivity contribution in [1.29, 1.82) is 0 Å². The van der Waals surface area contributed by atoms with E-state index in [1.54, 1.807) is 0 Å². The average molecular weight is 373 g/mol. The Morgan fingerprint density at radius 3 is 2.65 bits per heavy atom. The number of benzene rings is 2. The summed E-state index contributed by atoms with van der Waals surface area (Å²) in [4.78, 5) is 0. The zero-order valence-electron chi connectivity index (χ0n) is 11.4. The molecule has 0 heterocycles. The van der Waals surface area contributed by atoms with Crippen molar-refractivity contribution in [3.8, 4) is 0 Å². The zero-order chi connectivity index (χ0) is 14.7. The molecule has 0 spiro atoms. The van der Waals surface area contributed by atoms with Crippen molar-refractivity contribution >= 4 is 39.1 Å². The molecule has 2 aromatic carbocycles. The van der Waals surface area contributed by atoms with Gasteiger partial charge in [0.15, 0.2) is 0 Å². The van der Waals surface area contributed by atoms with Crippen LogP contribution in [-0.4, -0.2) is 7.05 Å². The van der Waals surface area contributed by atoms with E-state index in [2.05, 4.69) is 46.4 Å². The molecule has 1 atom stereocenters. The van der Waals surface area contributed by atoms with Crippen molar-refractivity contribution in [2.24, 2.45) is 0 Å². The highest BCUT2D eigenvalue weighted by Crippen LogP contribution is 2.30. The molecule has 0 aliphatic rings. The molecule has 0 saturated heterocycles. The van der Waals surface area contributed by atoms with Gasteiger partial charge in [-0.2, -0.15) is 0 Å². The molecular weight excluding hydrogens is 357 g/mol. The van der Waals surface area contributed by atoms with Gasteiger partial charge in [0.1, 0.15) is 0 Å². The van der Waals surface area contributed by atoms with Crippen molar-refractivity contribution in [1.82, 2.24) is 5.32 Å². The lowest BCUT2D eigenvalue weighted by Gasteiger charge is -2.20. The van der Waals surface area contributed by atoms with Crippen LogP contribution in [0.2, 0.25) is 10.0 Å². The van der Waals surface area contributed by atoms with Crippen LogP contribution in [0.1, 0.15) is 22.7 Å². The van der Waals surface area contributed by atoms with Gasteiger partial charge in [0, 0.05) is 10.5 Å². The van der Waals surface area contributed by atoms with E-state index >= 15 is 0 Å². The van der Waals surface area contributed by atoms with Crippen LogP contribution in [0.25, 0.3) is 0 Å². The Hall–Kier alpha value is -0.540. The maximum atomic E-state index is 6.28. The third-order valence-electron chi connectivity index (χ3n) is 3.42. The first-order chi connectivity index (χ1) is 9.52. The van der Waals surface area contributed by atoms with E-state index in [0.29, 0.717) is 10.0 Å². The van der Waals surface area contributed by atoms with Crippen molar-refractivity contribution in [2.75, 3.05) is 7.05 Å². The van der Waals surface area contributed by atoms with Crippen LogP contribution in [0.3, 0.4) is 0 Å². The molecular formula is C16H16BrCl2N. The van der Waals surface area contributed by atoms with E-state index in [1.807, 2.05) is 25.2 Å². The number of nitrogens with one attached hydrogen (secondary N) is 1. The molecule has 2 aromatic rings. The second-order valence-electron chi connectivity index (χ2n) is 4.76. The number of rotatable bonds is 4. The molecule has 1 unspecified atom stereocenters. The lowest BCUT2D eigenvalue weighted by atomic mass is 9.95. The third-order valence-corrected chi connectivity index (χ3v) is 4.77. The van der Waals surface area contributed by atoms with Gasteiger partial charge in [-0.1, -0.05) is 57.3 Å². The van der Waals surface area contributed by atoms with Crippen molar-refractivity contribution in [2.45, 2.75) is 19.4 Å². The second kappa shape index (κ2) is 6.95. The number of halogens is 3. The molecule has 0 amide bonds. The molecule has 0 saturated carbocycles. The van der Waals surface area contributed by atoms with E-state index in [1.165, 1.54) is 11.1 Å². The van der Waals surface area contributed by atoms with Gasteiger partial charge < -0.3 is 5.32 Å². The smallest absolute Gasteiger partial charge is 0.0624 e. The lowest BCUT2D eigenvalue weighted by molar-refractivity contribution is 0.589. The molecule has 20 heavy (non-hydrogen) atoms. The summed E-state index contributed by atoms with van der Waals surface area (Å²) in [7, 11) is 1.96. The minimum absolute atomic E-state index is 0.198. The van der Waals surface area contributed by atoms with Crippen molar-refractivity contribution in [3.63, 3.8) is 0 Å². The number of likely N-dealkylation sites (N-methyl/N-ethyl adjacent to an activating group) is 1. The Balaban J connectivity index is 2.34. The summed E-state index contributed by atoms with van der Waals surface area (Å²) < 4.78 is 1.08. The summed E-state index contributed by atoms with van der Waals surface area (Å²) in [5, 5.41) is 4.60. The molecule has 4 heteroatoms. The fraction of sp³-hybridized carbons (Fsp3) is 0.250. The quantitative estimate of drug-likeness (QED) is 0.739. The van der Waals surface area contributed by atoms with Gasteiger partial charge in [-0.05, 0) is 55.3 Å². The number of aryl methyl sites for hydroxylation is 1. The molecule has 0 radical (unpaired) electrons. The van der Waals surface area contributed by atoms with Crippen LogP contribution < -0.4 is 5.32 Å². The molecule has 0 aliphatic heterocycles. The monoisotopic (exact) mass is 371 g/mol. The van der Waals surface area contributed by atoms with Crippen LogP contribution in [0.15, 0.2) is 40.9 Å². The topological polar surface area (TPSA) is 12.0 Å². The first kappa shape index (κ1) is 15.8. The molecule has 106 valence electrons. The van der Waals surface area contributed by atoms with Crippen LogP contribution in [-0.2, 0) is 6.42 Å². The summed E-state index contributed by atoms with van der Waals surface area (Å²) in [6.07, 6.45) is 0.799. The van der Waals surface area contributed by atoms with Gasteiger partial charge in [-0.15, -0.1) is 0 Å². The predicted molar refractivity (Wildman–Crippen MR) is 90.8 cm³/mol. The summed E-state index contributed by atoms with van der Waals surface area (Å²) >= 11 is 15.9. The van der Waals surface area contributed by atoms with Crippen molar-refractivity contribution in [3.05, 3.63) is 67.6 Å². The lowest BCUT2D eigenvalue weighted by Crippen LogP contribution is -2.20.